The van der Waals surface area contributed by atoms with Gasteiger partial charge in [0.25, 0.3) is 0 Å². The summed E-state index contributed by atoms with van der Waals surface area (Å²) >= 11 is 5.79. The van der Waals surface area contributed by atoms with Gasteiger partial charge >= 0.3 is 0 Å². The highest BCUT2D eigenvalue weighted by Crippen LogP contribution is 2.29. The Labute approximate surface area is 146 Å². The van der Waals surface area contributed by atoms with E-state index in [1.807, 2.05) is 0 Å². The third kappa shape index (κ3) is 3.72. The molecule has 1 heterocycles. The van der Waals surface area contributed by atoms with E-state index < -0.39 is 5.82 Å². The minimum atomic E-state index is -0.520. The number of hydrogen-bond donors (Lipinski definition) is 1. The standard InChI is InChI=1S/C18H22ClFN2O2/c1-11-2-4-13(5-3-11)21-18(24)12-8-17(23)22(10-12)14-6-7-16(20)15(19)9-14/h6-7,9,11-13H,2-5,8,10H2,1H3,(H,21,24). The van der Waals surface area contributed by atoms with E-state index in [4.69, 9.17) is 11.6 Å². The second kappa shape index (κ2) is 7.09. The lowest BCUT2D eigenvalue weighted by Gasteiger charge is -2.27. The molecule has 4 nitrogen and oxygen atoms in total. The molecule has 130 valence electrons. The van der Waals surface area contributed by atoms with Crippen LogP contribution < -0.4 is 10.2 Å². The quantitative estimate of drug-likeness (QED) is 0.904. The zero-order valence-corrected chi connectivity index (χ0v) is 14.5. The number of carbonyl (C=O) groups is 2. The van der Waals surface area contributed by atoms with E-state index in [-0.39, 0.29) is 35.2 Å². The van der Waals surface area contributed by atoms with Crippen molar-refractivity contribution in [3.8, 4) is 0 Å². The summed E-state index contributed by atoms with van der Waals surface area (Å²) in [6.07, 6.45) is 4.46. The first kappa shape index (κ1) is 17.2. The van der Waals surface area contributed by atoms with E-state index in [1.165, 1.54) is 23.1 Å². The van der Waals surface area contributed by atoms with Crippen LogP contribution in [0.4, 0.5) is 10.1 Å². The highest BCUT2D eigenvalue weighted by molar-refractivity contribution is 6.31. The van der Waals surface area contributed by atoms with Crippen molar-refractivity contribution in [2.45, 2.75) is 45.1 Å². The van der Waals surface area contributed by atoms with E-state index in [1.54, 1.807) is 0 Å². The van der Waals surface area contributed by atoms with Gasteiger partial charge in [-0.1, -0.05) is 18.5 Å². The van der Waals surface area contributed by atoms with Crippen LogP contribution in [-0.4, -0.2) is 24.4 Å². The minimum absolute atomic E-state index is 0.0236. The normalized spacial score (nSPS) is 27.4. The maximum Gasteiger partial charge on any atom is 0.227 e. The highest BCUT2D eigenvalue weighted by atomic mass is 35.5. The van der Waals surface area contributed by atoms with Gasteiger partial charge in [0.05, 0.1) is 10.9 Å². The molecule has 1 aromatic rings. The van der Waals surface area contributed by atoms with Gasteiger partial charge in [-0.2, -0.15) is 0 Å². The molecule has 1 aromatic carbocycles. The number of benzene rings is 1. The smallest absolute Gasteiger partial charge is 0.227 e. The molecule has 1 aliphatic heterocycles. The zero-order chi connectivity index (χ0) is 17.3. The Morgan fingerprint density at radius 2 is 2.00 bits per heavy atom. The van der Waals surface area contributed by atoms with Gasteiger partial charge in [0.2, 0.25) is 11.8 Å². The average Bonchev–Trinajstić information content (AvgIpc) is 2.94. The first-order valence-electron chi connectivity index (χ1n) is 8.50. The van der Waals surface area contributed by atoms with Crippen molar-refractivity contribution in [3.05, 3.63) is 29.0 Å². The number of carbonyl (C=O) groups excluding carboxylic acids is 2. The Kier molecular flexibility index (Phi) is 5.09. The van der Waals surface area contributed by atoms with E-state index in [0.717, 1.165) is 31.6 Å². The summed E-state index contributed by atoms with van der Waals surface area (Å²) in [5, 5.41) is 3.07. The van der Waals surface area contributed by atoms with Crippen LogP contribution in [0.25, 0.3) is 0 Å². The molecule has 1 atom stereocenters. The van der Waals surface area contributed by atoms with E-state index in [0.29, 0.717) is 12.2 Å². The monoisotopic (exact) mass is 352 g/mol. The van der Waals surface area contributed by atoms with Crippen LogP contribution in [-0.2, 0) is 9.59 Å². The number of hydrogen-bond acceptors (Lipinski definition) is 2. The van der Waals surface area contributed by atoms with Gasteiger partial charge < -0.3 is 10.2 Å². The predicted molar refractivity (Wildman–Crippen MR) is 91.4 cm³/mol. The Morgan fingerprint density at radius 1 is 1.29 bits per heavy atom. The second-order valence-corrected chi connectivity index (χ2v) is 7.38. The molecular weight excluding hydrogens is 331 g/mol. The lowest BCUT2D eigenvalue weighted by atomic mass is 9.87. The number of rotatable bonds is 3. The molecule has 1 N–H and O–H groups in total. The highest BCUT2D eigenvalue weighted by Gasteiger charge is 2.36. The van der Waals surface area contributed by atoms with Crippen molar-refractivity contribution in [2.75, 3.05) is 11.4 Å². The van der Waals surface area contributed by atoms with Crippen LogP contribution in [0.15, 0.2) is 18.2 Å². The lowest BCUT2D eigenvalue weighted by molar-refractivity contribution is -0.127. The number of amides is 2. The molecule has 2 amide bonds. The minimum Gasteiger partial charge on any atom is -0.353 e. The molecular formula is C18H22ClFN2O2. The van der Waals surface area contributed by atoms with Gasteiger partial charge in [-0.3, -0.25) is 9.59 Å². The molecule has 24 heavy (non-hydrogen) atoms. The van der Waals surface area contributed by atoms with Gasteiger partial charge in [0.1, 0.15) is 5.82 Å². The Bertz CT molecular complexity index is 644. The topological polar surface area (TPSA) is 49.4 Å². The maximum absolute atomic E-state index is 13.3. The van der Waals surface area contributed by atoms with Gasteiger partial charge in [-0.25, -0.2) is 4.39 Å². The first-order chi connectivity index (χ1) is 11.4. The second-order valence-electron chi connectivity index (χ2n) is 6.97. The number of halogens is 2. The fourth-order valence-electron chi connectivity index (χ4n) is 3.51. The van der Waals surface area contributed by atoms with Crippen LogP contribution in [0.5, 0.6) is 0 Å². The van der Waals surface area contributed by atoms with E-state index in [2.05, 4.69) is 12.2 Å². The Balaban J connectivity index is 1.61. The third-order valence-electron chi connectivity index (χ3n) is 5.07. The molecule has 1 unspecified atom stereocenters. The molecule has 3 rings (SSSR count). The van der Waals surface area contributed by atoms with Crippen molar-refractivity contribution in [1.29, 1.82) is 0 Å². The summed E-state index contributed by atoms with van der Waals surface area (Å²) in [4.78, 5) is 26.2. The summed E-state index contributed by atoms with van der Waals surface area (Å²) in [5.74, 6) is -0.341. The van der Waals surface area contributed by atoms with Crippen LogP contribution >= 0.6 is 11.6 Å². The van der Waals surface area contributed by atoms with E-state index >= 15 is 0 Å². The van der Waals surface area contributed by atoms with Crippen LogP contribution in [0.3, 0.4) is 0 Å². The summed E-state index contributed by atoms with van der Waals surface area (Å²) < 4.78 is 13.3. The maximum atomic E-state index is 13.3. The van der Waals surface area contributed by atoms with Gasteiger partial charge in [0.15, 0.2) is 0 Å². The number of nitrogens with zero attached hydrogens (tertiary/aromatic N) is 1. The first-order valence-corrected chi connectivity index (χ1v) is 8.87. The van der Waals surface area contributed by atoms with Crippen molar-refractivity contribution < 1.29 is 14.0 Å². The van der Waals surface area contributed by atoms with Crippen molar-refractivity contribution in [1.82, 2.24) is 5.32 Å². The molecule has 0 spiro atoms. The molecule has 1 saturated carbocycles. The summed E-state index contributed by atoms with van der Waals surface area (Å²) in [5.41, 5.74) is 0.535. The van der Waals surface area contributed by atoms with Crippen LogP contribution in [0, 0.1) is 17.7 Å². The van der Waals surface area contributed by atoms with Crippen molar-refractivity contribution >= 4 is 29.1 Å². The van der Waals surface area contributed by atoms with Crippen molar-refractivity contribution in [3.63, 3.8) is 0 Å². The Hall–Kier alpha value is -1.62. The van der Waals surface area contributed by atoms with Crippen molar-refractivity contribution in [2.24, 2.45) is 11.8 Å². The largest absolute Gasteiger partial charge is 0.353 e. The fraction of sp³-hybridized carbons (Fsp3) is 0.556. The van der Waals surface area contributed by atoms with Crippen LogP contribution in [0.1, 0.15) is 39.0 Å². The van der Waals surface area contributed by atoms with Crippen LogP contribution in [0.2, 0.25) is 5.02 Å². The SMILES string of the molecule is CC1CCC(NC(=O)C2CC(=O)N(c3ccc(F)c(Cl)c3)C2)CC1. The average molecular weight is 353 g/mol. The molecule has 6 heteroatoms. The van der Waals surface area contributed by atoms with Gasteiger partial charge in [-0.05, 0) is 49.8 Å². The zero-order valence-electron chi connectivity index (χ0n) is 13.7. The molecule has 1 saturated heterocycles. The summed E-state index contributed by atoms with van der Waals surface area (Å²) in [6.45, 7) is 2.55. The summed E-state index contributed by atoms with van der Waals surface area (Å²) in [7, 11) is 0. The molecule has 0 aromatic heterocycles. The molecule has 1 aliphatic carbocycles. The molecule has 2 aliphatic rings. The fourth-order valence-corrected chi connectivity index (χ4v) is 3.68. The van der Waals surface area contributed by atoms with Gasteiger partial charge in [0, 0.05) is 24.7 Å². The van der Waals surface area contributed by atoms with Gasteiger partial charge in [-0.15, -0.1) is 0 Å². The predicted octanol–water partition coefficient (Wildman–Crippen LogP) is 3.53. The molecule has 2 fully saturated rings. The number of nitrogens with one attached hydrogen (secondary N) is 1. The summed E-state index contributed by atoms with van der Waals surface area (Å²) in [6, 6.07) is 4.40. The molecule has 0 radical (unpaired) electrons. The molecule has 0 bridgehead atoms. The van der Waals surface area contributed by atoms with E-state index in [9.17, 15) is 14.0 Å². The Morgan fingerprint density at radius 3 is 2.67 bits per heavy atom. The lowest BCUT2D eigenvalue weighted by Crippen LogP contribution is -2.41. The number of anilines is 1. The third-order valence-corrected chi connectivity index (χ3v) is 5.36.